The maximum atomic E-state index is 13.1. The van der Waals surface area contributed by atoms with E-state index >= 15 is 0 Å². The number of fused-ring (bicyclic) bond motifs is 3. The molecule has 172 valence electrons. The second-order valence-electron chi connectivity index (χ2n) is 8.38. The Morgan fingerprint density at radius 2 is 2.12 bits per heavy atom. The maximum absolute atomic E-state index is 13.1. The molecule has 0 amide bonds. The third-order valence-electron chi connectivity index (χ3n) is 6.36. The van der Waals surface area contributed by atoms with Gasteiger partial charge in [-0.25, -0.2) is 9.78 Å². The Kier molecular flexibility index (Phi) is 5.13. The van der Waals surface area contributed by atoms with Gasteiger partial charge >= 0.3 is 5.97 Å². The Labute approximate surface area is 199 Å². The summed E-state index contributed by atoms with van der Waals surface area (Å²) in [6, 6.07) is 9.75. The van der Waals surface area contributed by atoms with Gasteiger partial charge in [0.1, 0.15) is 11.5 Å². The second kappa shape index (κ2) is 8.32. The zero-order chi connectivity index (χ0) is 23.2. The molecule has 1 aliphatic heterocycles. The molecule has 1 saturated carbocycles. The minimum Gasteiger partial charge on any atom is -0.467 e. The molecule has 1 aromatic carbocycles. The van der Waals surface area contributed by atoms with Gasteiger partial charge in [0, 0.05) is 23.9 Å². The molecule has 0 radical (unpaired) electrons. The smallest absolute Gasteiger partial charge is 0.357 e. The minimum atomic E-state index is -0.455. The Morgan fingerprint density at radius 1 is 1.24 bits per heavy atom. The molecule has 9 heteroatoms. The molecule has 1 unspecified atom stereocenters. The molecule has 1 fully saturated rings. The number of benzene rings is 1. The molecule has 2 N–H and O–H groups in total. The van der Waals surface area contributed by atoms with E-state index in [2.05, 4.69) is 15.0 Å². The number of nitrogens with one attached hydrogen (secondary N) is 2. The summed E-state index contributed by atoms with van der Waals surface area (Å²) in [5.41, 5.74) is 4.26. The Balaban J connectivity index is 1.44. The van der Waals surface area contributed by atoms with Gasteiger partial charge in [-0.15, -0.1) is 0 Å². The van der Waals surface area contributed by atoms with Gasteiger partial charge < -0.3 is 19.1 Å². The summed E-state index contributed by atoms with van der Waals surface area (Å²) in [6.07, 6.45) is 5.38. The van der Waals surface area contributed by atoms with E-state index in [1.165, 1.54) is 11.8 Å². The number of aliphatic imine (C=N–C) groups is 1. The monoisotopic (exact) mass is 474 g/mol. The Bertz CT molecular complexity index is 1410. The molecule has 0 spiro atoms. The van der Waals surface area contributed by atoms with Crippen LogP contribution in [0.4, 0.5) is 5.69 Å². The van der Waals surface area contributed by atoms with E-state index in [-0.39, 0.29) is 18.3 Å². The van der Waals surface area contributed by atoms with E-state index in [9.17, 15) is 9.59 Å². The highest BCUT2D eigenvalue weighted by Crippen LogP contribution is 2.49. The normalized spacial score (nSPS) is 19.6. The topological polar surface area (TPSA) is 113 Å². The fourth-order valence-electron chi connectivity index (χ4n) is 4.91. The Hall–Kier alpha value is -3.59. The molecule has 4 heterocycles. The lowest BCUT2D eigenvalue weighted by Gasteiger charge is -2.33. The summed E-state index contributed by atoms with van der Waals surface area (Å²) in [6.45, 7) is 2.03. The average molecular weight is 475 g/mol. The molecule has 0 saturated heterocycles. The predicted octanol–water partition coefficient (Wildman–Crippen LogP) is 5.40. The van der Waals surface area contributed by atoms with Gasteiger partial charge in [0.25, 0.3) is 0 Å². The number of esters is 1. The number of ketones is 1. The van der Waals surface area contributed by atoms with E-state index in [0.717, 1.165) is 38.8 Å². The number of nitrogens with zero attached hydrogens (tertiary/aromatic N) is 2. The third kappa shape index (κ3) is 3.38. The van der Waals surface area contributed by atoms with Crippen molar-refractivity contribution in [3.63, 3.8) is 0 Å². The van der Waals surface area contributed by atoms with Crippen molar-refractivity contribution in [1.82, 2.24) is 15.0 Å². The van der Waals surface area contributed by atoms with Crippen LogP contribution in [0.2, 0.25) is 0 Å². The van der Waals surface area contributed by atoms with Crippen molar-refractivity contribution in [2.75, 3.05) is 6.61 Å². The number of Topliss-reactive ketones (excluding diaryl/α,β-unsaturated/α-hetero) is 1. The molecule has 8 nitrogen and oxygen atoms in total. The van der Waals surface area contributed by atoms with Crippen LogP contribution < -0.4 is 0 Å². The van der Waals surface area contributed by atoms with Crippen LogP contribution in [0.25, 0.3) is 11.0 Å². The summed E-state index contributed by atoms with van der Waals surface area (Å²) in [5, 5.41) is 0.741. The van der Waals surface area contributed by atoms with E-state index < -0.39 is 11.9 Å². The number of hydrogen-bond acceptors (Lipinski definition) is 7. The number of rotatable bonds is 5. The molecular formula is C25H22N4O4S. The van der Waals surface area contributed by atoms with Gasteiger partial charge in [0.2, 0.25) is 0 Å². The first-order valence-corrected chi connectivity index (χ1v) is 12.1. The van der Waals surface area contributed by atoms with Crippen molar-refractivity contribution < 1.29 is 18.7 Å². The first-order chi connectivity index (χ1) is 16.6. The quantitative estimate of drug-likeness (QED) is 0.375. The molecule has 3 aromatic heterocycles. The number of carbonyl (C=O) groups excluding carboxylic acids is 2. The molecule has 0 bridgehead atoms. The summed E-state index contributed by atoms with van der Waals surface area (Å²) >= 11 is 1.46. The van der Waals surface area contributed by atoms with Crippen molar-refractivity contribution in [2.24, 2.45) is 10.9 Å². The second-order valence-corrected chi connectivity index (χ2v) is 9.41. The summed E-state index contributed by atoms with van der Waals surface area (Å²) < 4.78 is 11.2. The van der Waals surface area contributed by atoms with Crippen LogP contribution in [0.1, 0.15) is 53.9 Å². The van der Waals surface area contributed by atoms with Gasteiger partial charge in [0.15, 0.2) is 10.9 Å². The van der Waals surface area contributed by atoms with E-state index in [1.54, 1.807) is 19.4 Å². The lowest BCUT2D eigenvalue weighted by atomic mass is 9.72. The summed E-state index contributed by atoms with van der Waals surface area (Å²) in [5.74, 6) is -0.419. The predicted molar refractivity (Wildman–Crippen MR) is 127 cm³/mol. The van der Waals surface area contributed by atoms with Gasteiger partial charge in [-0.2, -0.15) is 0 Å². The van der Waals surface area contributed by atoms with E-state index in [0.29, 0.717) is 30.0 Å². The highest BCUT2D eigenvalue weighted by atomic mass is 32.2. The zero-order valence-corrected chi connectivity index (χ0v) is 19.3. The van der Waals surface area contributed by atoms with Crippen LogP contribution in [-0.4, -0.2) is 39.0 Å². The van der Waals surface area contributed by atoms with Crippen molar-refractivity contribution in [1.29, 1.82) is 0 Å². The SMILES string of the molecule is CCOC(=O)c1[nH]cc2c1N=C1CCCC(=O)C1[C@H]2c1occc1Sc1nc2ccccc2[nH]1. The molecule has 6 rings (SSSR count). The fourth-order valence-corrected chi connectivity index (χ4v) is 5.82. The van der Waals surface area contributed by atoms with E-state index in [4.69, 9.17) is 14.1 Å². The van der Waals surface area contributed by atoms with Crippen LogP contribution in [-0.2, 0) is 9.53 Å². The summed E-state index contributed by atoms with van der Waals surface area (Å²) in [4.78, 5) is 42.4. The van der Waals surface area contributed by atoms with Crippen LogP contribution in [0, 0.1) is 5.92 Å². The number of aromatic amines is 2. The molecular weight excluding hydrogens is 452 g/mol. The fraction of sp³-hybridized carbons (Fsp3) is 0.280. The van der Waals surface area contributed by atoms with Crippen LogP contribution in [0.5, 0.6) is 0 Å². The Morgan fingerprint density at radius 3 is 2.97 bits per heavy atom. The molecule has 1 aliphatic carbocycles. The standard InChI is InChI=1S/C25H22N4O4S/c1-2-32-24(31)22-21-13(12-26-22)19(20-16(27-21)8-5-9-17(20)30)23-18(10-11-33-23)34-25-28-14-6-3-4-7-15(14)29-25/h3-4,6-7,10-12,19-20,26H,2,5,8-9H2,1H3,(H,28,29)/t19-,20?/m0/s1. The first-order valence-electron chi connectivity index (χ1n) is 11.3. The van der Waals surface area contributed by atoms with Gasteiger partial charge in [0.05, 0.1) is 46.3 Å². The van der Waals surface area contributed by atoms with Crippen molar-refractivity contribution in [3.05, 3.63) is 59.8 Å². The van der Waals surface area contributed by atoms with Gasteiger partial charge in [-0.1, -0.05) is 12.1 Å². The number of aromatic nitrogens is 3. The average Bonchev–Trinajstić information content (AvgIpc) is 3.56. The molecule has 34 heavy (non-hydrogen) atoms. The van der Waals surface area contributed by atoms with Gasteiger partial charge in [-0.3, -0.25) is 9.79 Å². The van der Waals surface area contributed by atoms with Crippen molar-refractivity contribution >= 4 is 45.9 Å². The molecule has 2 aliphatic rings. The highest BCUT2D eigenvalue weighted by Gasteiger charge is 2.44. The first kappa shape index (κ1) is 21.0. The van der Waals surface area contributed by atoms with Crippen molar-refractivity contribution in [2.45, 2.75) is 42.2 Å². The van der Waals surface area contributed by atoms with E-state index in [1.807, 2.05) is 30.3 Å². The highest BCUT2D eigenvalue weighted by molar-refractivity contribution is 7.99. The number of imidazole rings is 1. The van der Waals surface area contributed by atoms with Crippen LogP contribution in [0.3, 0.4) is 0 Å². The van der Waals surface area contributed by atoms with Gasteiger partial charge in [-0.05, 0) is 49.7 Å². The maximum Gasteiger partial charge on any atom is 0.357 e. The van der Waals surface area contributed by atoms with Crippen LogP contribution in [0.15, 0.2) is 62.3 Å². The number of carbonyl (C=O) groups is 2. The number of furan rings is 1. The zero-order valence-electron chi connectivity index (χ0n) is 18.5. The summed E-state index contributed by atoms with van der Waals surface area (Å²) in [7, 11) is 0. The lowest BCUT2D eigenvalue weighted by Crippen LogP contribution is -2.36. The molecule has 4 aromatic rings. The number of para-hydroxylation sites is 2. The van der Waals surface area contributed by atoms with Crippen molar-refractivity contribution in [3.8, 4) is 0 Å². The number of ether oxygens (including phenoxy) is 1. The lowest BCUT2D eigenvalue weighted by molar-refractivity contribution is -0.122. The number of H-pyrrole nitrogens is 2. The third-order valence-corrected chi connectivity index (χ3v) is 7.31. The number of hydrogen-bond donors (Lipinski definition) is 2. The van der Waals surface area contributed by atoms with Crippen LogP contribution >= 0.6 is 11.8 Å². The largest absolute Gasteiger partial charge is 0.467 e. The molecule has 2 atom stereocenters. The minimum absolute atomic E-state index is 0.149.